The van der Waals surface area contributed by atoms with Crippen LogP contribution in [0.15, 0.2) is 22.7 Å². The summed E-state index contributed by atoms with van der Waals surface area (Å²) in [6.45, 7) is 7.27. The second-order valence-corrected chi connectivity index (χ2v) is 5.53. The lowest BCUT2D eigenvalue weighted by molar-refractivity contribution is 0.472. The van der Waals surface area contributed by atoms with E-state index in [0.29, 0.717) is 5.92 Å². The minimum Gasteiger partial charge on any atom is -0.327 e. The van der Waals surface area contributed by atoms with Crippen LogP contribution in [0.3, 0.4) is 0 Å². The molecule has 0 aliphatic heterocycles. The molecule has 0 aliphatic rings. The van der Waals surface area contributed by atoms with E-state index in [9.17, 15) is 0 Å². The minimum absolute atomic E-state index is 0.0128. The summed E-state index contributed by atoms with van der Waals surface area (Å²) in [4.78, 5) is 4.67. The summed E-state index contributed by atoms with van der Waals surface area (Å²) in [6, 6.07) is 6.16. The molecule has 0 radical (unpaired) electrons. The molecule has 1 aromatic heterocycles. The van der Waals surface area contributed by atoms with E-state index < -0.39 is 0 Å². The van der Waals surface area contributed by atoms with Crippen LogP contribution in [0.5, 0.6) is 0 Å². The van der Waals surface area contributed by atoms with Crippen molar-refractivity contribution in [1.29, 1.82) is 0 Å². The van der Waals surface area contributed by atoms with Crippen LogP contribution < -0.4 is 5.73 Å². The molecule has 0 aliphatic carbocycles. The maximum Gasteiger partial charge on any atom is 0.127 e. The Kier molecular flexibility index (Phi) is 3.54. The number of nitrogens with two attached hydrogens (primary N) is 1. The smallest absolute Gasteiger partial charge is 0.127 e. The van der Waals surface area contributed by atoms with E-state index >= 15 is 0 Å². The molecule has 0 saturated heterocycles. The van der Waals surface area contributed by atoms with Crippen molar-refractivity contribution in [3.05, 3.63) is 28.5 Å². The third-order valence-electron chi connectivity index (χ3n) is 3.07. The molecule has 4 heteroatoms. The molecule has 1 heterocycles. The molecule has 3 nitrogen and oxygen atoms in total. The highest BCUT2D eigenvalue weighted by Crippen LogP contribution is 2.25. The molecule has 2 aromatic rings. The maximum atomic E-state index is 6.22. The zero-order valence-corrected chi connectivity index (χ0v) is 12.0. The van der Waals surface area contributed by atoms with Crippen molar-refractivity contribution in [1.82, 2.24) is 9.55 Å². The number of hydrogen-bond acceptors (Lipinski definition) is 2. The van der Waals surface area contributed by atoms with Crippen molar-refractivity contribution >= 4 is 27.0 Å². The molecule has 17 heavy (non-hydrogen) atoms. The Hall–Kier alpha value is -0.870. The highest BCUT2D eigenvalue weighted by Gasteiger charge is 2.18. The third-order valence-corrected chi connectivity index (χ3v) is 3.57. The highest BCUT2D eigenvalue weighted by atomic mass is 79.9. The van der Waals surface area contributed by atoms with Gasteiger partial charge in [0, 0.05) is 11.0 Å². The van der Waals surface area contributed by atoms with Crippen LogP contribution in [0.2, 0.25) is 0 Å². The standard InChI is InChI=1S/C13H18BrN3/c1-4-17-11-6-5-9(14)7-10(11)16-13(17)12(15)8(2)3/h5-8,12H,4,15H2,1-3H3. The quantitative estimate of drug-likeness (QED) is 0.942. The molecule has 1 aromatic carbocycles. The number of fused-ring (bicyclic) bond motifs is 1. The van der Waals surface area contributed by atoms with Gasteiger partial charge in [-0.2, -0.15) is 0 Å². The van der Waals surface area contributed by atoms with Crippen LogP contribution in [0.1, 0.15) is 32.6 Å². The zero-order valence-electron chi connectivity index (χ0n) is 10.4. The number of aryl methyl sites for hydroxylation is 1. The van der Waals surface area contributed by atoms with Crippen molar-refractivity contribution in [2.75, 3.05) is 0 Å². The van der Waals surface area contributed by atoms with Gasteiger partial charge in [0.15, 0.2) is 0 Å². The van der Waals surface area contributed by atoms with Crippen LogP contribution in [-0.4, -0.2) is 9.55 Å². The van der Waals surface area contributed by atoms with E-state index in [1.54, 1.807) is 0 Å². The Bertz CT molecular complexity index is 531. The predicted molar refractivity (Wildman–Crippen MR) is 74.9 cm³/mol. The van der Waals surface area contributed by atoms with Gasteiger partial charge in [0.2, 0.25) is 0 Å². The minimum atomic E-state index is -0.0128. The van der Waals surface area contributed by atoms with Gasteiger partial charge in [-0.25, -0.2) is 4.98 Å². The Morgan fingerprint density at radius 2 is 2.12 bits per heavy atom. The SMILES string of the molecule is CCn1c(C(N)C(C)C)nc2cc(Br)ccc21. The summed E-state index contributed by atoms with van der Waals surface area (Å²) in [6.07, 6.45) is 0. The molecular formula is C13H18BrN3. The van der Waals surface area contributed by atoms with Crippen molar-refractivity contribution in [3.8, 4) is 0 Å². The first kappa shape index (κ1) is 12.6. The van der Waals surface area contributed by atoms with Gasteiger partial charge in [0.1, 0.15) is 5.82 Å². The van der Waals surface area contributed by atoms with Gasteiger partial charge in [-0.3, -0.25) is 0 Å². The second kappa shape index (κ2) is 4.78. The van der Waals surface area contributed by atoms with E-state index in [4.69, 9.17) is 5.73 Å². The van der Waals surface area contributed by atoms with Crippen LogP contribution in [0, 0.1) is 5.92 Å². The van der Waals surface area contributed by atoms with Gasteiger partial charge in [0.25, 0.3) is 0 Å². The molecule has 2 rings (SSSR count). The van der Waals surface area contributed by atoms with Gasteiger partial charge in [0.05, 0.1) is 17.1 Å². The zero-order chi connectivity index (χ0) is 12.6. The number of benzene rings is 1. The molecule has 0 spiro atoms. The van der Waals surface area contributed by atoms with E-state index in [2.05, 4.69) is 52.3 Å². The summed E-state index contributed by atoms with van der Waals surface area (Å²) < 4.78 is 3.25. The van der Waals surface area contributed by atoms with Crippen LogP contribution in [-0.2, 0) is 6.54 Å². The number of nitrogens with zero attached hydrogens (tertiary/aromatic N) is 2. The molecule has 0 bridgehead atoms. The van der Waals surface area contributed by atoms with Gasteiger partial charge < -0.3 is 10.3 Å². The molecular weight excluding hydrogens is 278 g/mol. The van der Waals surface area contributed by atoms with E-state index in [1.165, 1.54) is 0 Å². The van der Waals surface area contributed by atoms with Gasteiger partial charge in [-0.1, -0.05) is 29.8 Å². The lowest BCUT2D eigenvalue weighted by Crippen LogP contribution is -2.21. The second-order valence-electron chi connectivity index (χ2n) is 4.62. The number of halogens is 1. The first-order valence-electron chi connectivity index (χ1n) is 5.95. The van der Waals surface area contributed by atoms with Crippen molar-refractivity contribution < 1.29 is 0 Å². The van der Waals surface area contributed by atoms with Crippen molar-refractivity contribution in [2.45, 2.75) is 33.4 Å². The summed E-state index contributed by atoms with van der Waals surface area (Å²) in [7, 11) is 0. The first-order chi connectivity index (χ1) is 8.04. The molecule has 2 N–H and O–H groups in total. The average molecular weight is 296 g/mol. The summed E-state index contributed by atoms with van der Waals surface area (Å²) in [5.74, 6) is 1.37. The van der Waals surface area contributed by atoms with Crippen LogP contribution in [0.4, 0.5) is 0 Å². The van der Waals surface area contributed by atoms with Gasteiger partial charge in [-0.15, -0.1) is 0 Å². The topological polar surface area (TPSA) is 43.8 Å². The van der Waals surface area contributed by atoms with E-state index in [-0.39, 0.29) is 6.04 Å². The van der Waals surface area contributed by atoms with Crippen molar-refractivity contribution in [2.24, 2.45) is 11.7 Å². The predicted octanol–water partition coefficient (Wildman–Crippen LogP) is 3.47. The first-order valence-corrected chi connectivity index (χ1v) is 6.75. The normalized spacial score (nSPS) is 13.5. The Balaban J connectivity index is 2.63. The van der Waals surface area contributed by atoms with E-state index in [1.807, 2.05) is 12.1 Å². The number of hydrogen-bond donors (Lipinski definition) is 1. The average Bonchev–Trinajstić information content (AvgIpc) is 2.64. The largest absolute Gasteiger partial charge is 0.327 e. The Morgan fingerprint density at radius 3 is 2.71 bits per heavy atom. The monoisotopic (exact) mass is 295 g/mol. The molecule has 0 fully saturated rings. The number of rotatable bonds is 3. The maximum absolute atomic E-state index is 6.22. The van der Waals surface area contributed by atoms with Crippen LogP contribution in [0.25, 0.3) is 11.0 Å². The fourth-order valence-corrected chi connectivity index (χ4v) is 2.36. The lowest BCUT2D eigenvalue weighted by atomic mass is 10.1. The molecule has 0 amide bonds. The summed E-state index contributed by atoms with van der Waals surface area (Å²) in [5.41, 5.74) is 8.38. The van der Waals surface area contributed by atoms with Crippen LogP contribution >= 0.6 is 15.9 Å². The highest BCUT2D eigenvalue weighted by molar-refractivity contribution is 9.10. The van der Waals surface area contributed by atoms with Gasteiger partial charge >= 0.3 is 0 Å². The molecule has 0 saturated carbocycles. The number of aromatic nitrogens is 2. The molecule has 1 atom stereocenters. The Labute approximate surface area is 110 Å². The van der Waals surface area contributed by atoms with Crippen molar-refractivity contribution in [3.63, 3.8) is 0 Å². The molecule has 1 unspecified atom stereocenters. The Morgan fingerprint density at radius 1 is 1.41 bits per heavy atom. The third kappa shape index (κ3) is 2.24. The number of imidazole rings is 1. The fraction of sp³-hybridized carbons (Fsp3) is 0.462. The van der Waals surface area contributed by atoms with E-state index in [0.717, 1.165) is 27.9 Å². The summed E-state index contributed by atoms with van der Waals surface area (Å²) >= 11 is 3.47. The molecule has 92 valence electrons. The van der Waals surface area contributed by atoms with Gasteiger partial charge in [-0.05, 0) is 31.0 Å². The fourth-order valence-electron chi connectivity index (χ4n) is 2.01. The summed E-state index contributed by atoms with van der Waals surface area (Å²) in [5, 5.41) is 0. The lowest BCUT2D eigenvalue weighted by Gasteiger charge is -2.16.